The van der Waals surface area contributed by atoms with Crippen LogP contribution in [0.5, 0.6) is 0 Å². The van der Waals surface area contributed by atoms with Crippen LogP contribution < -0.4 is 5.43 Å². The van der Waals surface area contributed by atoms with E-state index in [9.17, 15) is 4.79 Å². The van der Waals surface area contributed by atoms with Crippen molar-refractivity contribution in [2.45, 2.75) is 42.1 Å². The quantitative estimate of drug-likeness (QED) is 0.619. The van der Waals surface area contributed by atoms with Gasteiger partial charge in [-0.2, -0.15) is 0 Å². The van der Waals surface area contributed by atoms with Gasteiger partial charge in [0.2, 0.25) is 11.1 Å². The number of nitrogens with one attached hydrogen (secondary N) is 1. The fourth-order valence-corrected chi connectivity index (χ4v) is 5.50. The smallest absolute Gasteiger partial charge is 0.238 e. The molecule has 1 fully saturated rings. The van der Waals surface area contributed by atoms with Crippen molar-refractivity contribution in [3.63, 3.8) is 0 Å². The molecular weight excluding hydrogens is 430 g/mol. The molecule has 0 aliphatic carbocycles. The standard InChI is InChI=1S/C23H24ClN5OS/c24-18-12-10-16(11-13-18)19-20(22(30)28-14-6-1-2-7-15-28)31-23-26-25-21(29(23)27-19)17-8-4-3-5-9-17/h3-5,8-13,19-20,27H,1-2,6-7,14-15H2. The maximum absolute atomic E-state index is 13.6. The van der Waals surface area contributed by atoms with Crippen LogP contribution in [0.25, 0.3) is 11.4 Å². The van der Waals surface area contributed by atoms with E-state index in [0.717, 1.165) is 42.9 Å². The summed E-state index contributed by atoms with van der Waals surface area (Å²) in [6, 6.07) is 17.5. The lowest BCUT2D eigenvalue weighted by Crippen LogP contribution is -2.46. The van der Waals surface area contributed by atoms with Crippen LogP contribution in [0.1, 0.15) is 37.3 Å². The SMILES string of the molecule is O=C(C1Sc2nnc(-c3ccccc3)n2NC1c1ccc(Cl)cc1)N1CCCCCC1. The lowest BCUT2D eigenvalue weighted by Gasteiger charge is -2.35. The molecule has 1 saturated heterocycles. The van der Waals surface area contributed by atoms with Gasteiger partial charge < -0.3 is 10.3 Å². The van der Waals surface area contributed by atoms with E-state index in [4.69, 9.17) is 11.6 Å². The number of nitrogens with zero attached hydrogens (tertiary/aromatic N) is 4. The Kier molecular flexibility index (Phi) is 5.87. The van der Waals surface area contributed by atoms with Crippen molar-refractivity contribution in [3.8, 4) is 11.4 Å². The number of benzene rings is 2. The molecule has 2 aliphatic heterocycles. The van der Waals surface area contributed by atoms with Gasteiger partial charge in [-0.25, -0.2) is 4.68 Å². The van der Waals surface area contributed by atoms with Crippen LogP contribution in [0.4, 0.5) is 0 Å². The fraction of sp³-hybridized carbons (Fsp3) is 0.348. The highest BCUT2D eigenvalue weighted by Crippen LogP contribution is 2.39. The molecule has 3 aromatic rings. The number of carbonyl (C=O) groups is 1. The second-order valence-corrected chi connectivity index (χ2v) is 9.49. The maximum atomic E-state index is 13.6. The van der Waals surface area contributed by atoms with Gasteiger partial charge in [0, 0.05) is 23.7 Å². The molecule has 0 radical (unpaired) electrons. The topological polar surface area (TPSA) is 63.1 Å². The summed E-state index contributed by atoms with van der Waals surface area (Å²) in [7, 11) is 0. The second-order valence-electron chi connectivity index (χ2n) is 7.94. The van der Waals surface area contributed by atoms with Crippen molar-refractivity contribution in [3.05, 3.63) is 65.2 Å². The molecule has 31 heavy (non-hydrogen) atoms. The van der Waals surface area contributed by atoms with Gasteiger partial charge in [0.25, 0.3) is 0 Å². The Bertz CT molecular complexity index is 1050. The Hall–Kier alpha value is -2.51. The minimum Gasteiger partial charge on any atom is -0.342 e. The van der Waals surface area contributed by atoms with Crippen molar-refractivity contribution in [1.82, 2.24) is 19.8 Å². The van der Waals surface area contributed by atoms with Gasteiger partial charge in [-0.1, -0.05) is 78.7 Å². The third-order valence-electron chi connectivity index (χ3n) is 5.86. The largest absolute Gasteiger partial charge is 0.342 e. The van der Waals surface area contributed by atoms with Crippen LogP contribution in [0.3, 0.4) is 0 Å². The van der Waals surface area contributed by atoms with Gasteiger partial charge in [-0.15, -0.1) is 10.2 Å². The number of likely N-dealkylation sites (tertiary alicyclic amines) is 1. The summed E-state index contributed by atoms with van der Waals surface area (Å²) >= 11 is 7.62. The second kappa shape index (κ2) is 8.93. The summed E-state index contributed by atoms with van der Waals surface area (Å²) in [5.41, 5.74) is 5.54. The van der Waals surface area contributed by atoms with Crippen LogP contribution in [0.2, 0.25) is 5.02 Å². The van der Waals surface area contributed by atoms with Crippen LogP contribution in [-0.2, 0) is 4.79 Å². The number of hydrogen-bond acceptors (Lipinski definition) is 5. The Morgan fingerprint density at radius 3 is 2.39 bits per heavy atom. The van der Waals surface area contributed by atoms with E-state index >= 15 is 0 Å². The van der Waals surface area contributed by atoms with E-state index < -0.39 is 0 Å². The molecule has 0 bridgehead atoms. The molecule has 160 valence electrons. The van der Waals surface area contributed by atoms with Gasteiger partial charge in [0.05, 0.1) is 6.04 Å². The van der Waals surface area contributed by atoms with E-state index in [-0.39, 0.29) is 17.2 Å². The Labute approximate surface area is 191 Å². The maximum Gasteiger partial charge on any atom is 0.238 e. The zero-order valence-corrected chi connectivity index (χ0v) is 18.6. The first-order valence-electron chi connectivity index (χ1n) is 10.7. The highest BCUT2D eigenvalue weighted by molar-refractivity contribution is 8.00. The summed E-state index contributed by atoms with van der Waals surface area (Å²) < 4.78 is 1.91. The Morgan fingerprint density at radius 1 is 0.968 bits per heavy atom. The van der Waals surface area contributed by atoms with E-state index in [0.29, 0.717) is 10.2 Å². The molecule has 2 aliphatic rings. The molecule has 3 heterocycles. The number of halogens is 1. The van der Waals surface area contributed by atoms with Crippen LogP contribution in [-0.4, -0.2) is 44.0 Å². The Balaban J connectivity index is 1.52. The summed E-state index contributed by atoms with van der Waals surface area (Å²) in [4.78, 5) is 15.7. The lowest BCUT2D eigenvalue weighted by molar-refractivity contribution is -0.131. The van der Waals surface area contributed by atoms with E-state index in [2.05, 4.69) is 15.6 Å². The number of amides is 1. The first kappa shape index (κ1) is 20.4. The zero-order valence-electron chi connectivity index (χ0n) is 17.1. The van der Waals surface area contributed by atoms with Gasteiger partial charge in [-0.05, 0) is 30.5 Å². The Morgan fingerprint density at radius 2 is 1.68 bits per heavy atom. The summed E-state index contributed by atoms with van der Waals surface area (Å²) in [6.07, 6.45) is 4.51. The molecule has 1 amide bonds. The average Bonchev–Trinajstić information content (AvgIpc) is 3.02. The molecule has 5 rings (SSSR count). The van der Waals surface area contributed by atoms with Crippen molar-refractivity contribution in [1.29, 1.82) is 0 Å². The highest BCUT2D eigenvalue weighted by Gasteiger charge is 2.40. The first-order valence-corrected chi connectivity index (χ1v) is 11.9. The number of aromatic nitrogens is 3. The molecule has 0 saturated carbocycles. The molecule has 8 heteroatoms. The molecule has 2 aromatic carbocycles. The van der Waals surface area contributed by atoms with Gasteiger partial charge in [0.1, 0.15) is 5.25 Å². The van der Waals surface area contributed by atoms with Crippen LogP contribution >= 0.6 is 23.4 Å². The molecular formula is C23H24ClN5OS. The minimum atomic E-state index is -0.320. The predicted molar refractivity (Wildman–Crippen MR) is 124 cm³/mol. The normalized spacial score (nSPS) is 21.1. The zero-order chi connectivity index (χ0) is 21.2. The van der Waals surface area contributed by atoms with Crippen molar-refractivity contribution in [2.24, 2.45) is 0 Å². The average molecular weight is 454 g/mol. The number of thioether (sulfide) groups is 1. The van der Waals surface area contributed by atoms with E-state index in [1.54, 1.807) is 0 Å². The van der Waals surface area contributed by atoms with E-state index in [1.165, 1.54) is 24.6 Å². The molecule has 2 unspecified atom stereocenters. The van der Waals surface area contributed by atoms with Crippen molar-refractivity contribution in [2.75, 3.05) is 18.5 Å². The molecule has 0 spiro atoms. The number of fused-ring (bicyclic) bond motifs is 1. The van der Waals surface area contributed by atoms with Gasteiger partial charge >= 0.3 is 0 Å². The monoisotopic (exact) mass is 453 g/mol. The highest BCUT2D eigenvalue weighted by atomic mass is 35.5. The van der Waals surface area contributed by atoms with Crippen molar-refractivity contribution >= 4 is 29.3 Å². The molecule has 1 N–H and O–H groups in total. The first-order chi connectivity index (χ1) is 15.2. The number of carbonyl (C=O) groups excluding carboxylic acids is 1. The summed E-state index contributed by atoms with van der Waals surface area (Å²) in [6.45, 7) is 1.65. The van der Waals surface area contributed by atoms with Crippen molar-refractivity contribution < 1.29 is 4.79 Å². The van der Waals surface area contributed by atoms with Crippen LogP contribution in [0, 0.1) is 0 Å². The molecule has 2 atom stereocenters. The summed E-state index contributed by atoms with van der Waals surface area (Å²) in [5, 5.41) is 9.87. The third kappa shape index (κ3) is 4.16. The number of rotatable bonds is 3. The minimum absolute atomic E-state index is 0.162. The third-order valence-corrected chi connectivity index (χ3v) is 7.31. The van der Waals surface area contributed by atoms with Gasteiger partial charge in [-0.3, -0.25) is 4.79 Å². The molecule has 1 aromatic heterocycles. The summed E-state index contributed by atoms with van der Waals surface area (Å²) in [5.74, 6) is 0.901. The predicted octanol–water partition coefficient (Wildman–Crippen LogP) is 4.76. The van der Waals surface area contributed by atoms with Gasteiger partial charge in [0.15, 0.2) is 5.82 Å². The lowest BCUT2D eigenvalue weighted by atomic mass is 10.0. The van der Waals surface area contributed by atoms with Crippen LogP contribution in [0.15, 0.2) is 59.8 Å². The number of hydrogen-bond donors (Lipinski definition) is 1. The van der Waals surface area contributed by atoms with E-state index in [1.807, 2.05) is 64.2 Å². The fourth-order valence-electron chi connectivity index (χ4n) is 4.21. The molecule has 6 nitrogen and oxygen atoms in total.